The summed E-state index contributed by atoms with van der Waals surface area (Å²) >= 11 is 0. The molecule has 0 saturated carbocycles. The van der Waals surface area contributed by atoms with Crippen LogP contribution in [0.1, 0.15) is 47.0 Å². The fourth-order valence-electron chi connectivity index (χ4n) is 1.95. The summed E-state index contributed by atoms with van der Waals surface area (Å²) in [5, 5.41) is 3.52. The molecule has 104 valence electrons. The van der Waals surface area contributed by atoms with Crippen LogP contribution in [0.2, 0.25) is 0 Å². The van der Waals surface area contributed by atoms with Gasteiger partial charge < -0.3 is 5.32 Å². The van der Waals surface area contributed by atoms with E-state index in [1.54, 1.807) is 0 Å². The minimum absolute atomic E-state index is 0.586. The molecule has 0 heterocycles. The van der Waals surface area contributed by atoms with Crippen molar-refractivity contribution < 1.29 is 0 Å². The smallest absolute Gasteiger partial charge is 0.00142 e. The third-order valence-electron chi connectivity index (χ3n) is 3.47. The number of hydrogen-bond donors (Lipinski definition) is 1. The van der Waals surface area contributed by atoms with Crippen LogP contribution in [0.4, 0.5) is 0 Å². The highest BCUT2D eigenvalue weighted by atomic mass is 14.8. The SMILES string of the molecule is C=C/C(=C/CCC)C(C)C(C)CNCC/C=C\C. The second kappa shape index (κ2) is 11.3. The van der Waals surface area contributed by atoms with Crippen molar-refractivity contribution in [3.05, 3.63) is 36.5 Å². The zero-order valence-corrected chi connectivity index (χ0v) is 12.7. The summed E-state index contributed by atoms with van der Waals surface area (Å²) in [5.74, 6) is 1.24. The van der Waals surface area contributed by atoms with E-state index >= 15 is 0 Å². The Morgan fingerprint density at radius 1 is 1.28 bits per heavy atom. The standard InChI is InChI=1S/C17H31N/c1-6-9-11-13-18-14-15(4)16(5)17(8-3)12-10-7-2/h6,8-9,12,15-16,18H,3,7,10-11,13-14H2,1-2,4-5H3/b9-6-,17-12-. The Morgan fingerprint density at radius 2 is 2.00 bits per heavy atom. The molecular weight excluding hydrogens is 218 g/mol. The van der Waals surface area contributed by atoms with Gasteiger partial charge in [0.15, 0.2) is 0 Å². The molecule has 0 fully saturated rings. The van der Waals surface area contributed by atoms with Gasteiger partial charge in [0, 0.05) is 0 Å². The molecule has 0 aromatic carbocycles. The van der Waals surface area contributed by atoms with Crippen LogP contribution < -0.4 is 5.32 Å². The molecule has 0 aliphatic carbocycles. The van der Waals surface area contributed by atoms with E-state index in [1.165, 1.54) is 12.0 Å². The maximum absolute atomic E-state index is 3.94. The second-order valence-electron chi connectivity index (χ2n) is 5.02. The maximum atomic E-state index is 3.94. The molecule has 0 bridgehead atoms. The van der Waals surface area contributed by atoms with Crippen LogP contribution in [0, 0.1) is 11.8 Å². The fraction of sp³-hybridized carbons (Fsp3) is 0.647. The number of hydrogen-bond acceptors (Lipinski definition) is 1. The molecule has 0 aromatic rings. The average molecular weight is 249 g/mol. The molecular formula is C17H31N. The van der Waals surface area contributed by atoms with Gasteiger partial charge in [-0.2, -0.15) is 0 Å². The Balaban J connectivity index is 4.06. The Morgan fingerprint density at radius 3 is 2.56 bits per heavy atom. The van der Waals surface area contributed by atoms with Crippen molar-refractivity contribution in [2.24, 2.45) is 11.8 Å². The molecule has 1 N–H and O–H groups in total. The first kappa shape index (κ1) is 17.2. The van der Waals surface area contributed by atoms with Gasteiger partial charge in [0.05, 0.1) is 0 Å². The second-order valence-corrected chi connectivity index (χ2v) is 5.02. The van der Waals surface area contributed by atoms with E-state index in [-0.39, 0.29) is 0 Å². The lowest BCUT2D eigenvalue weighted by atomic mass is 9.87. The Kier molecular flexibility index (Phi) is 10.8. The van der Waals surface area contributed by atoms with Gasteiger partial charge in [-0.1, -0.05) is 58.1 Å². The Bertz CT molecular complexity index is 263. The van der Waals surface area contributed by atoms with Crippen LogP contribution in [-0.2, 0) is 0 Å². The van der Waals surface area contributed by atoms with Crippen LogP contribution in [0.3, 0.4) is 0 Å². The summed E-state index contributed by atoms with van der Waals surface area (Å²) in [5.41, 5.74) is 1.40. The van der Waals surface area contributed by atoms with Crippen molar-refractivity contribution in [2.45, 2.75) is 47.0 Å². The van der Waals surface area contributed by atoms with E-state index in [0.29, 0.717) is 11.8 Å². The first-order valence-electron chi connectivity index (χ1n) is 7.31. The molecule has 1 heteroatoms. The zero-order chi connectivity index (χ0) is 13.8. The largest absolute Gasteiger partial charge is 0.316 e. The predicted octanol–water partition coefficient (Wildman–Crippen LogP) is 4.73. The zero-order valence-electron chi connectivity index (χ0n) is 12.7. The van der Waals surface area contributed by atoms with Gasteiger partial charge in [-0.15, -0.1) is 0 Å². The van der Waals surface area contributed by atoms with Gasteiger partial charge in [0.2, 0.25) is 0 Å². The molecule has 0 radical (unpaired) electrons. The molecule has 0 spiro atoms. The van der Waals surface area contributed by atoms with E-state index < -0.39 is 0 Å². The van der Waals surface area contributed by atoms with Crippen LogP contribution in [-0.4, -0.2) is 13.1 Å². The summed E-state index contributed by atoms with van der Waals surface area (Å²) in [6, 6.07) is 0. The number of nitrogens with one attached hydrogen (secondary N) is 1. The van der Waals surface area contributed by atoms with E-state index in [1.807, 2.05) is 6.08 Å². The van der Waals surface area contributed by atoms with Gasteiger partial charge in [-0.3, -0.25) is 0 Å². The van der Waals surface area contributed by atoms with Gasteiger partial charge in [0.25, 0.3) is 0 Å². The number of rotatable bonds is 10. The van der Waals surface area contributed by atoms with Crippen molar-refractivity contribution in [2.75, 3.05) is 13.1 Å². The van der Waals surface area contributed by atoms with Crippen molar-refractivity contribution in [1.82, 2.24) is 5.32 Å². The lowest BCUT2D eigenvalue weighted by Crippen LogP contribution is -2.26. The van der Waals surface area contributed by atoms with E-state index in [4.69, 9.17) is 0 Å². The number of allylic oxidation sites excluding steroid dienone is 4. The third-order valence-corrected chi connectivity index (χ3v) is 3.47. The van der Waals surface area contributed by atoms with Crippen LogP contribution >= 0.6 is 0 Å². The van der Waals surface area contributed by atoms with Gasteiger partial charge in [0.1, 0.15) is 0 Å². The summed E-state index contributed by atoms with van der Waals surface area (Å²) in [4.78, 5) is 0. The molecule has 0 aromatic heterocycles. The van der Waals surface area contributed by atoms with Crippen LogP contribution in [0.5, 0.6) is 0 Å². The predicted molar refractivity (Wildman–Crippen MR) is 83.8 cm³/mol. The maximum Gasteiger partial charge on any atom is -0.00142 e. The summed E-state index contributed by atoms with van der Waals surface area (Å²) < 4.78 is 0. The lowest BCUT2D eigenvalue weighted by Gasteiger charge is -2.21. The highest BCUT2D eigenvalue weighted by Gasteiger charge is 2.13. The molecule has 0 aliphatic heterocycles. The van der Waals surface area contributed by atoms with Crippen molar-refractivity contribution in [3.8, 4) is 0 Å². The molecule has 0 saturated heterocycles. The highest BCUT2D eigenvalue weighted by molar-refractivity contribution is 5.19. The topological polar surface area (TPSA) is 12.0 Å². The summed E-state index contributed by atoms with van der Waals surface area (Å²) in [6.07, 6.45) is 12.2. The van der Waals surface area contributed by atoms with Crippen molar-refractivity contribution in [3.63, 3.8) is 0 Å². The van der Waals surface area contributed by atoms with Gasteiger partial charge in [-0.05, 0) is 50.3 Å². The van der Waals surface area contributed by atoms with Crippen molar-refractivity contribution >= 4 is 0 Å². The molecule has 0 aliphatic rings. The summed E-state index contributed by atoms with van der Waals surface area (Å²) in [7, 11) is 0. The molecule has 1 nitrogen and oxygen atoms in total. The quantitative estimate of drug-likeness (QED) is 0.335. The molecule has 2 unspecified atom stereocenters. The molecule has 0 rings (SSSR count). The van der Waals surface area contributed by atoms with Crippen molar-refractivity contribution in [1.29, 1.82) is 0 Å². The first-order valence-corrected chi connectivity index (χ1v) is 7.31. The third kappa shape index (κ3) is 7.50. The van der Waals surface area contributed by atoms with Crippen LogP contribution in [0.15, 0.2) is 36.5 Å². The first-order chi connectivity index (χ1) is 8.67. The highest BCUT2D eigenvalue weighted by Crippen LogP contribution is 2.21. The number of unbranched alkanes of at least 4 members (excludes halogenated alkanes) is 1. The average Bonchev–Trinajstić information content (AvgIpc) is 2.38. The molecule has 18 heavy (non-hydrogen) atoms. The van der Waals surface area contributed by atoms with Gasteiger partial charge >= 0.3 is 0 Å². The van der Waals surface area contributed by atoms with E-state index in [9.17, 15) is 0 Å². The molecule has 0 amide bonds. The van der Waals surface area contributed by atoms with E-state index in [0.717, 1.165) is 25.9 Å². The van der Waals surface area contributed by atoms with Gasteiger partial charge in [-0.25, -0.2) is 0 Å². The summed E-state index contributed by atoms with van der Waals surface area (Å²) in [6.45, 7) is 15.0. The molecule has 2 atom stereocenters. The Labute approximate surface area is 114 Å². The fourth-order valence-corrected chi connectivity index (χ4v) is 1.95. The van der Waals surface area contributed by atoms with E-state index in [2.05, 4.69) is 57.8 Å². The monoisotopic (exact) mass is 249 g/mol. The van der Waals surface area contributed by atoms with Crippen LogP contribution in [0.25, 0.3) is 0 Å². The Hall–Kier alpha value is -0.820. The minimum atomic E-state index is 0.586. The minimum Gasteiger partial charge on any atom is -0.316 e. The lowest BCUT2D eigenvalue weighted by molar-refractivity contribution is 0.416. The normalized spacial score (nSPS) is 15.9.